The van der Waals surface area contributed by atoms with Gasteiger partial charge in [-0.25, -0.2) is 12.7 Å². The number of anilines is 1. The molecule has 0 atom stereocenters. The van der Waals surface area contributed by atoms with E-state index in [-0.39, 0.29) is 0 Å². The van der Waals surface area contributed by atoms with Gasteiger partial charge in [-0.1, -0.05) is 12.1 Å². The summed E-state index contributed by atoms with van der Waals surface area (Å²) >= 11 is 0. The van der Waals surface area contributed by atoms with Gasteiger partial charge in [0, 0.05) is 27.7 Å². The first-order valence-electron chi connectivity index (χ1n) is 7.36. The molecule has 1 saturated heterocycles. The average molecular weight is 311 g/mol. The molecule has 0 radical (unpaired) electrons. The SMILES string of the molecule is CN(CC1CCNCC1)c1ccccc1S(=O)(=O)N(C)C. The van der Waals surface area contributed by atoms with E-state index in [1.165, 1.54) is 4.31 Å². The molecule has 0 aliphatic carbocycles. The molecule has 0 bridgehead atoms. The second kappa shape index (κ2) is 6.77. The fraction of sp³-hybridized carbons (Fsp3) is 0.600. The van der Waals surface area contributed by atoms with Crippen LogP contribution in [-0.4, -0.2) is 53.5 Å². The number of piperidine rings is 1. The van der Waals surface area contributed by atoms with E-state index >= 15 is 0 Å². The van der Waals surface area contributed by atoms with Crippen molar-refractivity contribution in [3.63, 3.8) is 0 Å². The Morgan fingerprint density at radius 3 is 2.38 bits per heavy atom. The highest BCUT2D eigenvalue weighted by Crippen LogP contribution is 2.27. The van der Waals surface area contributed by atoms with E-state index < -0.39 is 10.0 Å². The second-order valence-corrected chi connectivity index (χ2v) is 7.95. The molecule has 0 amide bonds. The summed E-state index contributed by atoms with van der Waals surface area (Å²) in [6.45, 7) is 2.99. The number of nitrogens with one attached hydrogen (secondary N) is 1. The Morgan fingerprint density at radius 1 is 1.14 bits per heavy atom. The Balaban J connectivity index is 2.23. The molecule has 1 fully saturated rings. The van der Waals surface area contributed by atoms with Gasteiger partial charge in [0.25, 0.3) is 0 Å². The van der Waals surface area contributed by atoms with Crippen molar-refractivity contribution in [2.75, 3.05) is 45.7 Å². The van der Waals surface area contributed by atoms with Gasteiger partial charge in [-0.3, -0.25) is 0 Å². The standard InChI is InChI=1S/C15H25N3O2S/c1-17(2)21(19,20)15-7-5-4-6-14(15)18(3)12-13-8-10-16-11-9-13/h4-7,13,16H,8-12H2,1-3H3. The van der Waals surface area contributed by atoms with E-state index in [4.69, 9.17) is 0 Å². The molecule has 0 saturated carbocycles. The molecule has 1 aliphatic rings. The van der Waals surface area contributed by atoms with Gasteiger partial charge in [0.15, 0.2) is 0 Å². The van der Waals surface area contributed by atoms with E-state index in [0.717, 1.165) is 38.2 Å². The summed E-state index contributed by atoms with van der Waals surface area (Å²) in [5.41, 5.74) is 0.782. The Kier molecular flexibility index (Phi) is 5.24. The fourth-order valence-corrected chi connectivity index (χ4v) is 3.87. The molecule has 1 N–H and O–H groups in total. The molecule has 0 aromatic heterocycles. The predicted octanol–water partition coefficient (Wildman–Crippen LogP) is 1.37. The Labute approximate surface area is 128 Å². The van der Waals surface area contributed by atoms with Crippen molar-refractivity contribution < 1.29 is 8.42 Å². The minimum atomic E-state index is -3.41. The average Bonchev–Trinajstić information content (AvgIpc) is 2.48. The van der Waals surface area contributed by atoms with Crippen LogP contribution in [0.25, 0.3) is 0 Å². The number of hydrogen-bond acceptors (Lipinski definition) is 4. The summed E-state index contributed by atoms with van der Waals surface area (Å²) in [5, 5.41) is 3.36. The first kappa shape index (κ1) is 16.3. The monoisotopic (exact) mass is 311 g/mol. The lowest BCUT2D eigenvalue weighted by molar-refractivity contribution is 0.377. The zero-order chi connectivity index (χ0) is 15.5. The zero-order valence-corrected chi connectivity index (χ0v) is 13.9. The maximum Gasteiger partial charge on any atom is 0.244 e. The highest BCUT2D eigenvalue weighted by atomic mass is 32.2. The van der Waals surface area contributed by atoms with Crippen LogP contribution in [0.3, 0.4) is 0 Å². The van der Waals surface area contributed by atoms with Crippen LogP contribution in [0, 0.1) is 5.92 Å². The molecular weight excluding hydrogens is 286 g/mol. The van der Waals surface area contributed by atoms with Crippen molar-refractivity contribution in [1.82, 2.24) is 9.62 Å². The molecule has 1 aromatic rings. The summed E-state index contributed by atoms with van der Waals surface area (Å²) in [6.07, 6.45) is 2.29. The summed E-state index contributed by atoms with van der Waals surface area (Å²) in [7, 11) is 1.70. The van der Waals surface area contributed by atoms with Gasteiger partial charge >= 0.3 is 0 Å². The summed E-state index contributed by atoms with van der Waals surface area (Å²) in [4.78, 5) is 2.46. The molecule has 1 aliphatic heterocycles. The number of hydrogen-bond donors (Lipinski definition) is 1. The maximum absolute atomic E-state index is 12.4. The van der Waals surface area contributed by atoms with Crippen molar-refractivity contribution in [2.24, 2.45) is 5.92 Å². The Bertz CT molecular complexity index is 566. The molecule has 0 spiro atoms. The highest BCUT2D eigenvalue weighted by Gasteiger charge is 2.24. The lowest BCUT2D eigenvalue weighted by Gasteiger charge is -2.30. The Hall–Kier alpha value is -1.11. The predicted molar refractivity (Wildman–Crippen MR) is 86.2 cm³/mol. The molecule has 1 heterocycles. The van der Waals surface area contributed by atoms with E-state index in [9.17, 15) is 8.42 Å². The van der Waals surface area contributed by atoms with Crippen LogP contribution in [0.4, 0.5) is 5.69 Å². The van der Waals surface area contributed by atoms with Crippen molar-refractivity contribution in [1.29, 1.82) is 0 Å². The molecule has 2 rings (SSSR count). The Morgan fingerprint density at radius 2 is 1.76 bits per heavy atom. The second-order valence-electron chi connectivity index (χ2n) is 5.83. The summed E-state index contributed by atoms with van der Waals surface area (Å²) in [6, 6.07) is 7.24. The topological polar surface area (TPSA) is 52.7 Å². The van der Waals surface area contributed by atoms with Crippen LogP contribution in [0.5, 0.6) is 0 Å². The minimum Gasteiger partial charge on any atom is -0.373 e. The van der Waals surface area contributed by atoms with Crippen molar-refractivity contribution in [3.05, 3.63) is 24.3 Å². The number of benzene rings is 1. The van der Waals surface area contributed by atoms with Gasteiger partial charge in [-0.15, -0.1) is 0 Å². The van der Waals surface area contributed by atoms with Crippen LogP contribution >= 0.6 is 0 Å². The van der Waals surface area contributed by atoms with Gasteiger partial charge < -0.3 is 10.2 Å². The lowest BCUT2D eigenvalue weighted by Crippen LogP contribution is -2.35. The number of para-hydroxylation sites is 1. The van der Waals surface area contributed by atoms with Crippen LogP contribution in [0.15, 0.2) is 29.2 Å². The highest BCUT2D eigenvalue weighted by molar-refractivity contribution is 7.89. The van der Waals surface area contributed by atoms with Gasteiger partial charge in [0.1, 0.15) is 4.90 Å². The smallest absolute Gasteiger partial charge is 0.244 e. The molecule has 1 aromatic carbocycles. The van der Waals surface area contributed by atoms with Crippen molar-refractivity contribution >= 4 is 15.7 Å². The van der Waals surface area contributed by atoms with Crippen LogP contribution in [-0.2, 0) is 10.0 Å². The number of sulfonamides is 1. The summed E-state index contributed by atoms with van der Waals surface area (Å²) in [5.74, 6) is 0.617. The van der Waals surface area contributed by atoms with Crippen molar-refractivity contribution in [3.8, 4) is 0 Å². The quantitative estimate of drug-likeness (QED) is 0.892. The molecule has 0 unspecified atom stereocenters. The van der Waals surface area contributed by atoms with Crippen LogP contribution in [0.2, 0.25) is 0 Å². The molecular formula is C15H25N3O2S. The van der Waals surface area contributed by atoms with Gasteiger partial charge in [0.05, 0.1) is 5.69 Å². The van der Waals surface area contributed by atoms with E-state index in [2.05, 4.69) is 10.2 Å². The van der Waals surface area contributed by atoms with E-state index in [1.807, 2.05) is 19.2 Å². The van der Waals surface area contributed by atoms with Crippen molar-refractivity contribution in [2.45, 2.75) is 17.7 Å². The van der Waals surface area contributed by atoms with E-state index in [1.54, 1.807) is 26.2 Å². The third kappa shape index (κ3) is 3.75. The fourth-order valence-electron chi connectivity index (χ4n) is 2.74. The molecule has 5 nitrogen and oxygen atoms in total. The van der Waals surface area contributed by atoms with Gasteiger partial charge in [0.2, 0.25) is 10.0 Å². The maximum atomic E-state index is 12.4. The molecule has 21 heavy (non-hydrogen) atoms. The van der Waals surface area contributed by atoms with Gasteiger partial charge in [-0.05, 0) is 44.0 Å². The normalized spacial score (nSPS) is 17.1. The first-order chi connectivity index (χ1) is 9.93. The lowest BCUT2D eigenvalue weighted by atomic mass is 9.97. The third-order valence-electron chi connectivity index (χ3n) is 4.03. The zero-order valence-electron chi connectivity index (χ0n) is 13.0. The number of nitrogens with zero attached hydrogens (tertiary/aromatic N) is 2. The van der Waals surface area contributed by atoms with Crippen LogP contribution < -0.4 is 10.2 Å². The third-order valence-corrected chi connectivity index (χ3v) is 5.89. The largest absolute Gasteiger partial charge is 0.373 e. The summed E-state index contributed by atoms with van der Waals surface area (Å²) < 4.78 is 26.1. The molecule has 118 valence electrons. The first-order valence-corrected chi connectivity index (χ1v) is 8.80. The number of rotatable bonds is 5. The minimum absolute atomic E-state index is 0.381. The van der Waals surface area contributed by atoms with Gasteiger partial charge in [-0.2, -0.15) is 0 Å². The molecule has 6 heteroatoms. The van der Waals surface area contributed by atoms with E-state index in [0.29, 0.717) is 10.8 Å². The van der Waals surface area contributed by atoms with Crippen LogP contribution in [0.1, 0.15) is 12.8 Å².